The number of anilines is 1. The summed E-state index contributed by atoms with van der Waals surface area (Å²) >= 11 is 1.09. The summed E-state index contributed by atoms with van der Waals surface area (Å²) in [5.41, 5.74) is 2.27. The predicted molar refractivity (Wildman–Crippen MR) is 103 cm³/mol. The summed E-state index contributed by atoms with van der Waals surface area (Å²) in [4.78, 5) is 33.0. The van der Waals surface area contributed by atoms with Gasteiger partial charge in [-0.25, -0.2) is 0 Å². The third-order valence-corrected chi connectivity index (χ3v) is 4.67. The molecule has 0 radical (unpaired) electrons. The summed E-state index contributed by atoms with van der Waals surface area (Å²) in [6.45, 7) is 3.20. The highest BCUT2D eigenvalue weighted by Gasteiger charge is 2.22. The van der Waals surface area contributed by atoms with Crippen LogP contribution in [0.4, 0.5) is 5.13 Å². The van der Waals surface area contributed by atoms with Crippen LogP contribution in [0, 0.1) is 6.92 Å². The number of amides is 1. The van der Waals surface area contributed by atoms with Gasteiger partial charge in [-0.3, -0.25) is 24.9 Å². The summed E-state index contributed by atoms with van der Waals surface area (Å²) in [5.74, 6) is -0.192. The fourth-order valence-electron chi connectivity index (χ4n) is 2.58. The van der Waals surface area contributed by atoms with E-state index >= 15 is 0 Å². The highest BCUT2D eigenvalue weighted by molar-refractivity contribution is 7.17. The highest BCUT2D eigenvalue weighted by atomic mass is 32.1. The summed E-state index contributed by atoms with van der Waals surface area (Å²) in [6.07, 6.45) is 2.97. The summed E-state index contributed by atoms with van der Waals surface area (Å²) in [7, 11) is 2.97. The van der Waals surface area contributed by atoms with Gasteiger partial charge in [0.1, 0.15) is 11.4 Å². The number of pyridine rings is 2. The van der Waals surface area contributed by atoms with Crippen molar-refractivity contribution in [3.8, 4) is 22.1 Å². The average molecular weight is 399 g/mol. The first-order valence-corrected chi connectivity index (χ1v) is 8.96. The molecule has 0 aromatic carbocycles. The molecule has 1 amide bonds. The molecular weight excluding hydrogens is 382 g/mol. The Kier molecular flexibility index (Phi) is 5.59. The minimum atomic E-state index is -0.444. The Balaban J connectivity index is 2.10. The molecule has 9 nitrogen and oxygen atoms in total. The zero-order valence-electron chi connectivity index (χ0n) is 15.6. The van der Waals surface area contributed by atoms with Crippen molar-refractivity contribution in [1.82, 2.24) is 20.2 Å². The van der Waals surface area contributed by atoms with Crippen molar-refractivity contribution in [2.24, 2.45) is 0 Å². The van der Waals surface area contributed by atoms with Crippen molar-refractivity contribution in [3.63, 3.8) is 0 Å². The van der Waals surface area contributed by atoms with Crippen LogP contribution in [0.15, 0.2) is 24.5 Å². The monoisotopic (exact) mass is 399 g/mol. The van der Waals surface area contributed by atoms with Crippen molar-refractivity contribution in [2.45, 2.75) is 13.8 Å². The van der Waals surface area contributed by atoms with Gasteiger partial charge >= 0.3 is 0 Å². The topological polar surface area (TPSA) is 116 Å². The number of aryl methyl sites for hydroxylation is 1. The molecule has 3 aromatic rings. The normalized spacial score (nSPS) is 10.4. The lowest BCUT2D eigenvalue weighted by atomic mass is 9.98. The number of rotatable bonds is 6. The van der Waals surface area contributed by atoms with Gasteiger partial charge in [-0.2, -0.15) is 0 Å². The van der Waals surface area contributed by atoms with Gasteiger partial charge in [-0.05, 0) is 36.0 Å². The van der Waals surface area contributed by atoms with E-state index in [9.17, 15) is 9.59 Å². The molecule has 0 aliphatic rings. The van der Waals surface area contributed by atoms with E-state index in [-0.39, 0.29) is 22.2 Å². The molecule has 0 saturated heterocycles. The van der Waals surface area contributed by atoms with E-state index in [0.29, 0.717) is 27.8 Å². The maximum Gasteiger partial charge on any atom is 0.295 e. The van der Waals surface area contributed by atoms with Crippen LogP contribution in [0.3, 0.4) is 0 Å². The maximum absolute atomic E-state index is 12.9. The number of carbonyl (C=O) groups excluding carboxylic acids is 2. The predicted octanol–water partition coefficient (Wildman–Crippen LogP) is 2.78. The third-order valence-electron chi connectivity index (χ3n) is 3.87. The highest BCUT2D eigenvalue weighted by Crippen LogP contribution is 2.36. The number of methoxy groups -OCH3 is 2. The largest absolute Gasteiger partial charge is 0.494 e. The number of ether oxygens (including phenoxy) is 2. The number of nitrogens with one attached hydrogen (secondary N) is 1. The molecule has 0 fully saturated rings. The van der Waals surface area contributed by atoms with Crippen molar-refractivity contribution in [1.29, 1.82) is 0 Å². The first-order valence-electron chi connectivity index (χ1n) is 8.14. The van der Waals surface area contributed by atoms with Crippen molar-refractivity contribution < 1.29 is 19.1 Å². The van der Waals surface area contributed by atoms with Gasteiger partial charge in [0.2, 0.25) is 5.13 Å². The Labute approximate surface area is 164 Å². The van der Waals surface area contributed by atoms with Crippen LogP contribution in [0.2, 0.25) is 0 Å². The standard InChI is InChI=1S/C18H17N5O4S/c1-9-15(26-3)14(11-5-6-19-13(7-11)10(2)24)12(8-20-9)16(25)21-17-22-23-18(27-4)28-17/h5-8H,1-4H3,(H,21,22,25). The quantitative estimate of drug-likeness (QED) is 0.629. The third kappa shape index (κ3) is 3.81. The van der Waals surface area contributed by atoms with Crippen LogP contribution in [0.5, 0.6) is 10.9 Å². The van der Waals surface area contributed by atoms with E-state index in [4.69, 9.17) is 9.47 Å². The van der Waals surface area contributed by atoms with Crippen LogP contribution < -0.4 is 14.8 Å². The lowest BCUT2D eigenvalue weighted by Crippen LogP contribution is -2.15. The van der Waals surface area contributed by atoms with Gasteiger partial charge in [-0.15, -0.1) is 5.10 Å². The molecule has 144 valence electrons. The van der Waals surface area contributed by atoms with Gasteiger partial charge in [0.25, 0.3) is 11.1 Å². The second kappa shape index (κ2) is 8.09. The number of carbonyl (C=O) groups is 2. The Morgan fingerprint density at radius 3 is 2.57 bits per heavy atom. The number of ketones is 1. The molecule has 0 aliphatic carbocycles. The molecule has 0 atom stereocenters. The fourth-order valence-corrected chi connectivity index (χ4v) is 3.14. The van der Waals surface area contributed by atoms with Crippen molar-refractivity contribution in [3.05, 3.63) is 41.5 Å². The molecule has 3 rings (SSSR count). The van der Waals surface area contributed by atoms with Crippen LogP contribution in [0.25, 0.3) is 11.1 Å². The number of Topliss-reactive ketones (excluding diaryl/α,β-unsaturated/α-hetero) is 1. The Morgan fingerprint density at radius 2 is 1.93 bits per heavy atom. The molecule has 0 unspecified atom stereocenters. The molecule has 0 saturated carbocycles. The molecule has 1 N–H and O–H groups in total. The van der Waals surface area contributed by atoms with Crippen molar-refractivity contribution >= 4 is 28.2 Å². The van der Waals surface area contributed by atoms with E-state index in [1.165, 1.54) is 33.5 Å². The zero-order valence-corrected chi connectivity index (χ0v) is 16.5. The van der Waals surface area contributed by atoms with Gasteiger partial charge in [0.05, 0.1) is 25.5 Å². The smallest absolute Gasteiger partial charge is 0.295 e. The van der Waals surface area contributed by atoms with Crippen LogP contribution in [-0.4, -0.2) is 46.1 Å². The van der Waals surface area contributed by atoms with Crippen LogP contribution >= 0.6 is 11.3 Å². The van der Waals surface area contributed by atoms with E-state index in [1.54, 1.807) is 19.1 Å². The molecule has 3 aromatic heterocycles. The number of hydrogen-bond acceptors (Lipinski definition) is 9. The SMILES string of the molecule is COc1nnc(NC(=O)c2cnc(C)c(OC)c2-c2ccnc(C(C)=O)c2)s1. The van der Waals surface area contributed by atoms with Gasteiger partial charge < -0.3 is 9.47 Å². The maximum atomic E-state index is 12.9. The van der Waals surface area contributed by atoms with E-state index in [0.717, 1.165) is 11.3 Å². The molecule has 0 aliphatic heterocycles. The molecule has 10 heteroatoms. The minimum absolute atomic E-state index is 0.182. The summed E-state index contributed by atoms with van der Waals surface area (Å²) in [6, 6.07) is 3.32. The number of aromatic nitrogens is 4. The summed E-state index contributed by atoms with van der Waals surface area (Å²) < 4.78 is 10.5. The number of hydrogen-bond donors (Lipinski definition) is 1. The Hall–Kier alpha value is -3.40. The van der Waals surface area contributed by atoms with Crippen LogP contribution in [0.1, 0.15) is 33.5 Å². The first-order chi connectivity index (χ1) is 13.4. The first kappa shape index (κ1) is 19.4. The second-order valence-electron chi connectivity index (χ2n) is 5.68. The Morgan fingerprint density at radius 1 is 1.14 bits per heavy atom. The molecule has 0 bridgehead atoms. The van der Waals surface area contributed by atoms with Gasteiger partial charge in [0, 0.05) is 24.9 Å². The van der Waals surface area contributed by atoms with E-state index < -0.39 is 5.91 Å². The fraction of sp³-hybridized carbons (Fsp3) is 0.222. The summed E-state index contributed by atoms with van der Waals surface area (Å²) in [5, 5.41) is 10.9. The van der Waals surface area contributed by atoms with Gasteiger partial charge in [-0.1, -0.05) is 5.10 Å². The van der Waals surface area contributed by atoms with Crippen LogP contribution in [-0.2, 0) is 0 Å². The average Bonchev–Trinajstić information content (AvgIpc) is 3.15. The second-order valence-corrected chi connectivity index (χ2v) is 6.62. The zero-order chi connectivity index (χ0) is 20.3. The molecule has 0 spiro atoms. The Bertz CT molecular complexity index is 1050. The number of nitrogens with zero attached hydrogens (tertiary/aromatic N) is 4. The van der Waals surface area contributed by atoms with Crippen molar-refractivity contribution in [2.75, 3.05) is 19.5 Å². The van der Waals surface area contributed by atoms with E-state index in [1.807, 2.05) is 0 Å². The lowest BCUT2D eigenvalue weighted by Gasteiger charge is -2.15. The molecular formula is C18H17N5O4S. The van der Waals surface area contributed by atoms with E-state index in [2.05, 4.69) is 25.5 Å². The van der Waals surface area contributed by atoms with Gasteiger partial charge in [0.15, 0.2) is 5.78 Å². The minimum Gasteiger partial charge on any atom is -0.494 e. The molecule has 28 heavy (non-hydrogen) atoms. The molecule has 3 heterocycles. The lowest BCUT2D eigenvalue weighted by molar-refractivity contribution is 0.100.